The molecule has 112 valence electrons. The van der Waals surface area contributed by atoms with Crippen LogP contribution in [0.1, 0.15) is 39.4 Å². The molecule has 1 unspecified atom stereocenters. The van der Waals surface area contributed by atoms with E-state index in [1.165, 1.54) is 0 Å². The molecule has 0 saturated carbocycles. The predicted molar refractivity (Wildman–Crippen MR) is 82.6 cm³/mol. The van der Waals surface area contributed by atoms with E-state index in [2.05, 4.69) is 31.5 Å². The van der Waals surface area contributed by atoms with Crippen LogP contribution in [0.4, 0.5) is 4.79 Å². The Morgan fingerprint density at radius 2 is 2.10 bits per heavy atom. The highest BCUT2D eigenvalue weighted by molar-refractivity contribution is 9.10. The average Bonchev–Trinajstić information content (AvgIpc) is 2.33. The van der Waals surface area contributed by atoms with Crippen LogP contribution in [-0.4, -0.2) is 29.8 Å². The van der Waals surface area contributed by atoms with Crippen molar-refractivity contribution in [1.29, 1.82) is 0 Å². The van der Waals surface area contributed by atoms with Gasteiger partial charge >= 0.3 is 6.09 Å². The minimum absolute atomic E-state index is 0.128. The van der Waals surface area contributed by atoms with Crippen LogP contribution in [0.15, 0.2) is 22.8 Å². The maximum absolute atomic E-state index is 11.4. The summed E-state index contributed by atoms with van der Waals surface area (Å²) in [7, 11) is 0. The molecule has 1 atom stereocenters. The number of aromatic nitrogens is 1. The highest BCUT2D eigenvalue weighted by Crippen LogP contribution is 2.12. The Bertz CT molecular complexity index is 429. The van der Waals surface area contributed by atoms with Gasteiger partial charge in [0.1, 0.15) is 5.60 Å². The summed E-state index contributed by atoms with van der Waals surface area (Å²) in [6.45, 7) is 8.71. The average molecular weight is 344 g/mol. The standard InChI is InChI=1S/C14H22BrN3O2/c1-10(12-6-5-11(15)9-18-12)16-7-8-17-13(19)20-14(2,3)4/h5-6,9-10,16H,7-8H2,1-4H3,(H,17,19). The molecule has 0 saturated heterocycles. The Morgan fingerprint density at radius 1 is 1.40 bits per heavy atom. The van der Waals surface area contributed by atoms with Crippen molar-refractivity contribution in [3.8, 4) is 0 Å². The molecule has 0 radical (unpaired) electrons. The number of pyridine rings is 1. The molecule has 1 rings (SSSR count). The molecule has 0 aromatic carbocycles. The highest BCUT2D eigenvalue weighted by Gasteiger charge is 2.15. The van der Waals surface area contributed by atoms with Gasteiger partial charge in [0.15, 0.2) is 0 Å². The summed E-state index contributed by atoms with van der Waals surface area (Å²) in [5.74, 6) is 0. The number of nitrogens with one attached hydrogen (secondary N) is 2. The van der Waals surface area contributed by atoms with Gasteiger partial charge in [-0.15, -0.1) is 0 Å². The molecule has 0 spiro atoms. The maximum atomic E-state index is 11.4. The number of ether oxygens (including phenoxy) is 1. The van der Waals surface area contributed by atoms with Gasteiger partial charge in [-0.1, -0.05) is 0 Å². The van der Waals surface area contributed by atoms with Crippen LogP contribution >= 0.6 is 15.9 Å². The van der Waals surface area contributed by atoms with E-state index < -0.39 is 11.7 Å². The Balaban J connectivity index is 2.24. The normalized spacial score (nSPS) is 12.8. The third kappa shape index (κ3) is 6.86. The van der Waals surface area contributed by atoms with E-state index in [4.69, 9.17) is 4.74 Å². The first-order valence-corrected chi connectivity index (χ1v) is 7.39. The van der Waals surface area contributed by atoms with E-state index in [9.17, 15) is 4.79 Å². The fourth-order valence-corrected chi connectivity index (χ4v) is 1.75. The zero-order valence-corrected chi connectivity index (χ0v) is 14.0. The van der Waals surface area contributed by atoms with Gasteiger partial charge in [0.25, 0.3) is 0 Å². The van der Waals surface area contributed by atoms with E-state index in [1.807, 2.05) is 39.8 Å². The number of alkyl carbamates (subject to hydrolysis) is 1. The second-order valence-electron chi connectivity index (χ2n) is 5.51. The van der Waals surface area contributed by atoms with Gasteiger partial charge in [0.2, 0.25) is 0 Å². The molecule has 1 aromatic rings. The highest BCUT2D eigenvalue weighted by atomic mass is 79.9. The summed E-state index contributed by atoms with van der Waals surface area (Å²) in [6, 6.07) is 4.05. The van der Waals surface area contributed by atoms with Crippen LogP contribution in [0.25, 0.3) is 0 Å². The zero-order valence-electron chi connectivity index (χ0n) is 12.4. The van der Waals surface area contributed by atoms with Crippen molar-refractivity contribution in [1.82, 2.24) is 15.6 Å². The van der Waals surface area contributed by atoms with Crippen LogP contribution in [0.2, 0.25) is 0 Å². The van der Waals surface area contributed by atoms with Crippen LogP contribution in [0.5, 0.6) is 0 Å². The summed E-state index contributed by atoms with van der Waals surface area (Å²) in [4.78, 5) is 15.8. The quantitative estimate of drug-likeness (QED) is 0.806. The summed E-state index contributed by atoms with van der Waals surface area (Å²) >= 11 is 3.35. The van der Waals surface area contributed by atoms with Gasteiger partial charge in [-0.25, -0.2) is 4.79 Å². The van der Waals surface area contributed by atoms with Gasteiger partial charge in [-0.05, 0) is 55.8 Å². The minimum Gasteiger partial charge on any atom is -0.444 e. The van der Waals surface area contributed by atoms with Crippen molar-refractivity contribution in [3.63, 3.8) is 0 Å². The van der Waals surface area contributed by atoms with E-state index in [1.54, 1.807) is 6.20 Å². The first-order chi connectivity index (χ1) is 9.28. The third-order valence-electron chi connectivity index (χ3n) is 2.44. The van der Waals surface area contributed by atoms with E-state index in [-0.39, 0.29) is 6.04 Å². The van der Waals surface area contributed by atoms with Gasteiger partial charge < -0.3 is 15.4 Å². The first-order valence-electron chi connectivity index (χ1n) is 6.59. The fourth-order valence-electron chi connectivity index (χ4n) is 1.52. The lowest BCUT2D eigenvalue weighted by Crippen LogP contribution is -2.37. The molecule has 1 amide bonds. The van der Waals surface area contributed by atoms with Crippen molar-refractivity contribution in [2.45, 2.75) is 39.3 Å². The third-order valence-corrected chi connectivity index (χ3v) is 2.91. The van der Waals surface area contributed by atoms with Crippen molar-refractivity contribution in [2.75, 3.05) is 13.1 Å². The van der Waals surface area contributed by atoms with Crippen LogP contribution < -0.4 is 10.6 Å². The predicted octanol–water partition coefficient (Wildman–Crippen LogP) is 3.02. The number of carbonyl (C=O) groups is 1. The molecule has 1 heterocycles. The van der Waals surface area contributed by atoms with Gasteiger partial charge in [-0.2, -0.15) is 0 Å². The lowest BCUT2D eigenvalue weighted by molar-refractivity contribution is 0.0528. The lowest BCUT2D eigenvalue weighted by Gasteiger charge is -2.20. The van der Waals surface area contributed by atoms with Crippen molar-refractivity contribution >= 4 is 22.0 Å². The second kappa shape index (κ2) is 7.59. The first kappa shape index (κ1) is 16.9. The molecule has 20 heavy (non-hydrogen) atoms. The molecular formula is C14H22BrN3O2. The monoisotopic (exact) mass is 343 g/mol. The summed E-state index contributed by atoms with van der Waals surface area (Å²) < 4.78 is 6.11. The second-order valence-corrected chi connectivity index (χ2v) is 6.42. The van der Waals surface area contributed by atoms with E-state index >= 15 is 0 Å². The van der Waals surface area contributed by atoms with E-state index in [0.29, 0.717) is 13.1 Å². The molecule has 0 bridgehead atoms. The number of carbonyl (C=O) groups excluding carboxylic acids is 1. The number of hydrogen-bond acceptors (Lipinski definition) is 4. The Hall–Kier alpha value is -1.14. The Morgan fingerprint density at radius 3 is 2.65 bits per heavy atom. The Labute approximate surface area is 128 Å². The molecule has 2 N–H and O–H groups in total. The molecular weight excluding hydrogens is 322 g/mol. The maximum Gasteiger partial charge on any atom is 0.407 e. The Kier molecular flexibility index (Phi) is 6.42. The molecule has 1 aromatic heterocycles. The van der Waals surface area contributed by atoms with E-state index in [0.717, 1.165) is 10.2 Å². The van der Waals surface area contributed by atoms with Gasteiger partial charge in [0.05, 0.1) is 5.69 Å². The molecule has 0 aliphatic heterocycles. The molecule has 0 aliphatic rings. The van der Waals surface area contributed by atoms with Crippen molar-refractivity contribution in [2.24, 2.45) is 0 Å². The van der Waals surface area contributed by atoms with Gasteiger partial charge in [-0.3, -0.25) is 4.98 Å². The number of amides is 1. The SMILES string of the molecule is CC(NCCNC(=O)OC(C)(C)C)c1ccc(Br)cn1. The van der Waals surface area contributed by atoms with Gasteiger partial charge in [0, 0.05) is 29.8 Å². The lowest BCUT2D eigenvalue weighted by atomic mass is 10.2. The molecule has 0 aliphatic carbocycles. The number of rotatable bonds is 5. The smallest absolute Gasteiger partial charge is 0.407 e. The topological polar surface area (TPSA) is 63.2 Å². The zero-order chi connectivity index (χ0) is 15.2. The summed E-state index contributed by atoms with van der Waals surface area (Å²) in [5.41, 5.74) is 0.497. The van der Waals surface area contributed by atoms with Crippen molar-refractivity contribution in [3.05, 3.63) is 28.5 Å². The number of hydrogen-bond donors (Lipinski definition) is 2. The minimum atomic E-state index is -0.466. The molecule has 0 fully saturated rings. The fraction of sp³-hybridized carbons (Fsp3) is 0.571. The number of nitrogens with zero attached hydrogens (tertiary/aromatic N) is 1. The van der Waals surface area contributed by atoms with Crippen LogP contribution in [0.3, 0.4) is 0 Å². The molecule has 5 nitrogen and oxygen atoms in total. The van der Waals surface area contributed by atoms with Crippen LogP contribution in [0, 0.1) is 0 Å². The number of halogens is 1. The summed E-state index contributed by atoms with van der Waals surface area (Å²) in [6.07, 6.45) is 1.38. The van der Waals surface area contributed by atoms with Crippen LogP contribution in [-0.2, 0) is 4.74 Å². The molecule has 6 heteroatoms. The summed E-state index contributed by atoms with van der Waals surface area (Å²) in [5, 5.41) is 5.99. The largest absolute Gasteiger partial charge is 0.444 e. The van der Waals surface area contributed by atoms with Crippen molar-refractivity contribution < 1.29 is 9.53 Å².